The van der Waals surface area contributed by atoms with Crippen molar-refractivity contribution in [3.63, 3.8) is 0 Å². The van der Waals surface area contributed by atoms with Crippen molar-refractivity contribution in [1.82, 2.24) is 15.1 Å². The Balaban J connectivity index is 1.48. The van der Waals surface area contributed by atoms with Crippen LogP contribution in [0.4, 0.5) is 0 Å². The molecule has 1 atom stereocenters. The minimum atomic E-state index is -0.154. The molecule has 1 heterocycles. The number of hydrogen-bond donors (Lipinski definition) is 1. The number of hydrogen-bond acceptors (Lipinski definition) is 3. The zero-order valence-corrected chi connectivity index (χ0v) is 17.6. The Bertz CT molecular complexity index is 987. The number of nitrogens with zero attached hydrogens (tertiary/aromatic N) is 2. The minimum Gasteiger partial charge on any atom is -0.348 e. The summed E-state index contributed by atoms with van der Waals surface area (Å²) < 4.78 is 1.44. The first-order chi connectivity index (χ1) is 13.9. The summed E-state index contributed by atoms with van der Waals surface area (Å²) in [6, 6.07) is 7.36. The zero-order chi connectivity index (χ0) is 20.3. The van der Waals surface area contributed by atoms with Gasteiger partial charge in [0.2, 0.25) is 0 Å². The molecule has 4 bridgehead atoms. The third-order valence-corrected chi connectivity index (χ3v) is 7.88. The van der Waals surface area contributed by atoms with Crippen molar-refractivity contribution < 1.29 is 4.79 Å². The highest BCUT2D eigenvalue weighted by molar-refractivity contribution is 6.04. The first kappa shape index (κ1) is 18.8. The van der Waals surface area contributed by atoms with E-state index in [0.717, 1.165) is 17.8 Å². The number of benzene rings is 1. The number of fused-ring (bicyclic) bond motifs is 1. The van der Waals surface area contributed by atoms with Crippen LogP contribution < -0.4 is 10.9 Å². The maximum atomic E-state index is 13.4. The lowest BCUT2D eigenvalue weighted by Crippen LogP contribution is -2.56. The van der Waals surface area contributed by atoms with Crippen molar-refractivity contribution in [2.45, 2.75) is 71.4 Å². The second-order valence-electron chi connectivity index (χ2n) is 10.2. The molecule has 4 aliphatic rings. The number of aromatic nitrogens is 2. The van der Waals surface area contributed by atoms with E-state index in [1.807, 2.05) is 32.0 Å². The molecular weight excluding hydrogens is 362 g/mol. The van der Waals surface area contributed by atoms with E-state index in [4.69, 9.17) is 0 Å². The van der Waals surface area contributed by atoms with Crippen molar-refractivity contribution in [3.8, 4) is 0 Å². The Morgan fingerprint density at radius 3 is 2.14 bits per heavy atom. The highest BCUT2D eigenvalue weighted by atomic mass is 16.2. The van der Waals surface area contributed by atoms with Crippen LogP contribution >= 0.6 is 0 Å². The summed E-state index contributed by atoms with van der Waals surface area (Å²) >= 11 is 0. The van der Waals surface area contributed by atoms with Crippen molar-refractivity contribution in [2.24, 2.45) is 23.2 Å². The summed E-state index contributed by atoms with van der Waals surface area (Å²) in [4.78, 5) is 26.1. The molecule has 1 amide bonds. The Kier molecular flexibility index (Phi) is 4.34. The molecule has 29 heavy (non-hydrogen) atoms. The summed E-state index contributed by atoms with van der Waals surface area (Å²) in [6.07, 6.45) is 7.93. The molecule has 2 aromatic rings. The molecule has 0 radical (unpaired) electrons. The number of rotatable bonds is 4. The number of carbonyl (C=O) groups excluding carboxylic acids is 1. The third kappa shape index (κ3) is 3.01. The van der Waals surface area contributed by atoms with Crippen molar-refractivity contribution in [2.75, 3.05) is 0 Å². The van der Waals surface area contributed by atoms with Gasteiger partial charge in [-0.05, 0) is 88.5 Å². The van der Waals surface area contributed by atoms with Gasteiger partial charge in [-0.1, -0.05) is 18.2 Å². The second-order valence-corrected chi connectivity index (χ2v) is 10.2. The van der Waals surface area contributed by atoms with Crippen LogP contribution in [0.2, 0.25) is 0 Å². The van der Waals surface area contributed by atoms with Crippen LogP contribution in [0.5, 0.6) is 0 Å². The van der Waals surface area contributed by atoms with Crippen molar-refractivity contribution >= 4 is 16.7 Å². The van der Waals surface area contributed by atoms with E-state index in [9.17, 15) is 9.59 Å². The molecule has 5 heteroatoms. The molecule has 0 unspecified atom stereocenters. The molecule has 5 nitrogen and oxygen atoms in total. The lowest BCUT2D eigenvalue weighted by atomic mass is 9.48. The number of nitrogens with one attached hydrogen (secondary N) is 1. The van der Waals surface area contributed by atoms with E-state index in [1.165, 1.54) is 43.2 Å². The van der Waals surface area contributed by atoms with Crippen LogP contribution in [-0.4, -0.2) is 21.7 Å². The Hall–Kier alpha value is -2.17. The maximum absolute atomic E-state index is 13.4. The van der Waals surface area contributed by atoms with E-state index in [1.54, 1.807) is 6.07 Å². The Morgan fingerprint density at radius 1 is 1.03 bits per heavy atom. The zero-order valence-electron chi connectivity index (χ0n) is 17.6. The van der Waals surface area contributed by atoms with Crippen LogP contribution in [0.1, 0.15) is 75.8 Å². The van der Waals surface area contributed by atoms with Crippen LogP contribution in [0, 0.1) is 23.2 Å². The minimum absolute atomic E-state index is 0.0979. The van der Waals surface area contributed by atoms with Crippen LogP contribution in [0.15, 0.2) is 29.1 Å². The molecule has 0 saturated heterocycles. The first-order valence-electron chi connectivity index (χ1n) is 11.2. The maximum Gasteiger partial charge on any atom is 0.274 e. The molecule has 1 aromatic carbocycles. The Morgan fingerprint density at radius 2 is 1.59 bits per heavy atom. The third-order valence-electron chi connectivity index (χ3n) is 7.88. The van der Waals surface area contributed by atoms with Crippen LogP contribution in [0.25, 0.3) is 10.8 Å². The highest BCUT2D eigenvalue weighted by Crippen LogP contribution is 2.61. The Labute approximate surface area is 171 Å². The average molecular weight is 394 g/mol. The number of carbonyl (C=O) groups is 1. The molecule has 4 saturated carbocycles. The lowest BCUT2D eigenvalue weighted by Gasteiger charge is -2.59. The van der Waals surface area contributed by atoms with Gasteiger partial charge in [-0.3, -0.25) is 9.59 Å². The highest BCUT2D eigenvalue weighted by Gasteiger charge is 2.53. The fourth-order valence-electron chi connectivity index (χ4n) is 6.85. The molecule has 6 rings (SSSR count). The van der Waals surface area contributed by atoms with Gasteiger partial charge in [0.1, 0.15) is 0 Å². The molecule has 154 valence electrons. The van der Waals surface area contributed by atoms with E-state index < -0.39 is 0 Å². The summed E-state index contributed by atoms with van der Waals surface area (Å²) in [5, 5.41) is 9.01. The fourth-order valence-corrected chi connectivity index (χ4v) is 6.85. The van der Waals surface area contributed by atoms with E-state index in [2.05, 4.69) is 17.3 Å². The monoisotopic (exact) mass is 393 g/mol. The topological polar surface area (TPSA) is 64.0 Å². The predicted octanol–water partition coefficient (Wildman–Crippen LogP) is 4.31. The average Bonchev–Trinajstić information content (AvgIpc) is 2.67. The van der Waals surface area contributed by atoms with Gasteiger partial charge in [-0.2, -0.15) is 5.10 Å². The number of amides is 1. The van der Waals surface area contributed by atoms with E-state index in [-0.39, 0.29) is 29.0 Å². The summed E-state index contributed by atoms with van der Waals surface area (Å²) in [6.45, 7) is 6.03. The molecule has 4 fully saturated rings. The van der Waals surface area contributed by atoms with Crippen LogP contribution in [-0.2, 0) is 0 Å². The molecule has 0 aliphatic heterocycles. The van der Waals surface area contributed by atoms with Gasteiger partial charge in [-0.25, -0.2) is 4.68 Å². The molecular formula is C24H31N3O2. The molecule has 1 aromatic heterocycles. The van der Waals surface area contributed by atoms with Gasteiger partial charge in [0, 0.05) is 11.4 Å². The molecule has 4 aliphatic carbocycles. The van der Waals surface area contributed by atoms with Gasteiger partial charge in [-0.15, -0.1) is 0 Å². The van der Waals surface area contributed by atoms with Gasteiger partial charge >= 0.3 is 0 Å². The quantitative estimate of drug-likeness (QED) is 0.842. The predicted molar refractivity (Wildman–Crippen MR) is 114 cm³/mol. The largest absolute Gasteiger partial charge is 0.348 e. The summed E-state index contributed by atoms with van der Waals surface area (Å²) in [5.41, 5.74) is 0.471. The standard InChI is InChI=1S/C24H31N3O2/c1-14(2)27-23(29)20-7-5-4-6-19(20)21(26-27)22(28)25-15(3)24-11-16-8-17(12-24)10-18(9-16)13-24/h4-7,14-18H,8-13H2,1-3H3,(H,25,28)/t15-,16?,17?,18?,24?/m0/s1. The van der Waals surface area contributed by atoms with Crippen molar-refractivity contribution in [1.29, 1.82) is 0 Å². The SMILES string of the molecule is CC(C)n1nc(C(=O)N[C@@H](C)C23CC4CC(CC(C4)C2)C3)c2ccccc2c1=O. The second kappa shape index (κ2) is 6.68. The van der Waals surface area contributed by atoms with Gasteiger partial charge in [0.05, 0.1) is 11.4 Å². The van der Waals surface area contributed by atoms with Gasteiger partial charge < -0.3 is 5.32 Å². The van der Waals surface area contributed by atoms with E-state index in [0.29, 0.717) is 16.5 Å². The smallest absolute Gasteiger partial charge is 0.274 e. The first-order valence-corrected chi connectivity index (χ1v) is 11.2. The van der Waals surface area contributed by atoms with E-state index >= 15 is 0 Å². The summed E-state index contributed by atoms with van der Waals surface area (Å²) in [7, 11) is 0. The van der Waals surface area contributed by atoms with Crippen LogP contribution in [0.3, 0.4) is 0 Å². The lowest BCUT2D eigenvalue weighted by molar-refractivity contribution is -0.0688. The summed E-state index contributed by atoms with van der Waals surface area (Å²) in [5.74, 6) is 2.39. The fraction of sp³-hybridized carbons (Fsp3) is 0.625. The van der Waals surface area contributed by atoms with Gasteiger partial charge in [0.15, 0.2) is 5.69 Å². The van der Waals surface area contributed by atoms with Crippen molar-refractivity contribution in [3.05, 3.63) is 40.3 Å². The molecule has 1 N–H and O–H groups in total. The molecule has 0 spiro atoms. The van der Waals surface area contributed by atoms with Gasteiger partial charge in [0.25, 0.3) is 11.5 Å². The normalized spacial score (nSPS) is 31.4.